The van der Waals surface area contributed by atoms with Crippen LogP contribution in [0.3, 0.4) is 0 Å². The molecule has 0 rings (SSSR count). The molecule has 35 heavy (non-hydrogen) atoms. The summed E-state index contributed by atoms with van der Waals surface area (Å²) < 4.78 is 42.8. The third-order valence-corrected chi connectivity index (χ3v) is 10.4. The molecule has 0 radical (unpaired) electrons. The molecule has 10 nitrogen and oxygen atoms in total. The maximum atomic E-state index is 11.2. The van der Waals surface area contributed by atoms with E-state index in [4.69, 9.17) is 36.0 Å². The SMILES string of the molecule is C=C(C)C(=O)OCCC[Si](OC)(OC)OC.CC=CC(=O)OCCC[Si](OCC)(OCC)OCC. The zero-order valence-corrected chi connectivity index (χ0v) is 24.8. The Labute approximate surface area is 213 Å². The number of carbonyl (C=O) groups is 2. The number of hydrogen-bond acceptors (Lipinski definition) is 10. The van der Waals surface area contributed by atoms with E-state index in [9.17, 15) is 9.59 Å². The van der Waals surface area contributed by atoms with E-state index in [2.05, 4.69) is 6.58 Å². The van der Waals surface area contributed by atoms with E-state index in [1.807, 2.05) is 20.8 Å². The molecule has 0 aliphatic heterocycles. The van der Waals surface area contributed by atoms with Gasteiger partial charge in [0.2, 0.25) is 0 Å². The summed E-state index contributed by atoms with van der Waals surface area (Å²) in [6, 6.07) is 1.27. The molecule has 0 aromatic heterocycles. The first kappa shape index (κ1) is 35.8. The maximum absolute atomic E-state index is 11.2. The highest BCUT2D eigenvalue weighted by Crippen LogP contribution is 2.18. The van der Waals surface area contributed by atoms with Crippen LogP contribution in [0.1, 0.15) is 47.5 Å². The van der Waals surface area contributed by atoms with Gasteiger partial charge in [-0.3, -0.25) is 0 Å². The number of ether oxygens (including phenoxy) is 2. The van der Waals surface area contributed by atoms with Crippen molar-refractivity contribution in [3.63, 3.8) is 0 Å². The molecule has 206 valence electrons. The number of hydrogen-bond donors (Lipinski definition) is 0. The van der Waals surface area contributed by atoms with E-state index in [1.165, 1.54) is 6.08 Å². The molecule has 0 amide bonds. The Balaban J connectivity index is 0. The van der Waals surface area contributed by atoms with Crippen molar-refractivity contribution in [2.24, 2.45) is 0 Å². The number of carbonyl (C=O) groups excluding carboxylic acids is 2. The van der Waals surface area contributed by atoms with Crippen LogP contribution in [0.15, 0.2) is 24.3 Å². The molecule has 0 aromatic carbocycles. The third-order valence-electron chi connectivity index (χ3n) is 4.41. The molecular formula is C23H46O10Si2. The van der Waals surface area contributed by atoms with Crippen LogP contribution in [0.5, 0.6) is 0 Å². The Morgan fingerprint density at radius 3 is 1.57 bits per heavy atom. The van der Waals surface area contributed by atoms with Gasteiger partial charge >= 0.3 is 29.5 Å². The summed E-state index contributed by atoms with van der Waals surface area (Å²) in [6.45, 7) is 15.0. The Morgan fingerprint density at radius 1 is 0.771 bits per heavy atom. The van der Waals surface area contributed by atoms with E-state index >= 15 is 0 Å². The number of allylic oxidation sites excluding steroid dienone is 1. The van der Waals surface area contributed by atoms with Crippen LogP contribution in [-0.4, -0.2) is 83.9 Å². The Morgan fingerprint density at radius 2 is 1.20 bits per heavy atom. The molecule has 0 aromatic rings. The van der Waals surface area contributed by atoms with Crippen LogP contribution < -0.4 is 0 Å². The van der Waals surface area contributed by atoms with Crippen LogP contribution in [0.4, 0.5) is 0 Å². The predicted octanol–water partition coefficient (Wildman–Crippen LogP) is 3.92. The van der Waals surface area contributed by atoms with Crippen molar-refractivity contribution in [2.75, 3.05) is 54.4 Å². The number of rotatable bonds is 19. The number of esters is 2. The van der Waals surface area contributed by atoms with E-state index in [0.29, 0.717) is 63.5 Å². The summed E-state index contributed by atoms with van der Waals surface area (Å²) in [6.07, 6.45) is 4.37. The monoisotopic (exact) mass is 538 g/mol. The van der Waals surface area contributed by atoms with Gasteiger partial charge in [0.1, 0.15) is 0 Å². The van der Waals surface area contributed by atoms with Crippen molar-refractivity contribution in [3.05, 3.63) is 24.3 Å². The van der Waals surface area contributed by atoms with Gasteiger partial charge in [-0.1, -0.05) is 12.7 Å². The standard InChI is InChI=1S/C13H26O5Si.C10H20O5Si/c1-5-10-13(14)15-11-9-12-19(16-6-2,17-7-3)18-8-4;1-9(2)10(11)15-7-6-8-16(12-3,13-4)14-5/h5,10H,6-9,11-12H2,1-4H3;1,6-8H2,2-5H3. The van der Waals surface area contributed by atoms with E-state index < -0.39 is 17.6 Å². The zero-order chi connectivity index (χ0) is 27.2. The summed E-state index contributed by atoms with van der Waals surface area (Å²) in [5, 5.41) is 0. The molecule has 0 heterocycles. The van der Waals surface area contributed by atoms with Gasteiger partial charge < -0.3 is 36.0 Å². The first-order valence-corrected chi connectivity index (χ1v) is 15.7. The lowest BCUT2D eigenvalue weighted by atomic mass is 10.4. The molecule has 0 aliphatic rings. The van der Waals surface area contributed by atoms with Crippen LogP contribution in [-0.2, 0) is 45.6 Å². The molecule has 0 bridgehead atoms. The van der Waals surface area contributed by atoms with E-state index in [0.717, 1.165) is 0 Å². The van der Waals surface area contributed by atoms with Gasteiger partial charge in [0, 0.05) is 64.9 Å². The lowest BCUT2D eigenvalue weighted by Crippen LogP contribution is -2.46. The van der Waals surface area contributed by atoms with E-state index in [1.54, 1.807) is 41.3 Å². The third kappa shape index (κ3) is 16.8. The van der Waals surface area contributed by atoms with Crippen molar-refractivity contribution >= 4 is 29.5 Å². The fourth-order valence-electron chi connectivity index (χ4n) is 2.78. The Hall–Kier alpha value is -1.39. The largest absolute Gasteiger partial charge is 0.501 e. The van der Waals surface area contributed by atoms with Crippen molar-refractivity contribution in [1.82, 2.24) is 0 Å². The Kier molecular flexibility index (Phi) is 22.3. The minimum Gasteiger partial charge on any atom is -0.463 e. The van der Waals surface area contributed by atoms with Crippen molar-refractivity contribution in [1.29, 1.82) is 0 Å². The summed E-state index contributed by atoms with van der Waals surface area (Å²) in [7, 11) is -0.462. The summed E-state index contributed by atoms with van der Waals surface area (Å²) in [4.78, 5) is 22.2. The molecule has 0 atom stereocenters. The second-order valence-corrected chi connectivity index (χ2v) is 12.9. The van der Waals surface area contributed by atoms with Gasteiger partial charge in [-0.05, 0) is 47.5 Å². The fraction of sp³-hybridized carbons (Fsp3) is 0.739. The first-order chi connectivity index (χ1) is 16.6. The van der Waals surface area contributed by atoms with Gasteiger partial charge in [-0.2, -0.15) is 0 Å². The quantitative estimate of drug-likeness (QED) is 0.104. The highest BCUT2D eigenvalue weighted by atomic mass is 28.4. The van der Waals surface area contributed by atoms with Gasteiger partial charge in [0.15, 0.2) is 0 Å². The van der Waals surface area contributed by atoms with Crippen molar-refractivity contribution in [2.45, 2.75) is 59.5 Å². The minimum absolute atomic E-state index is 0.316. The predicted molar refractivity (Wildman–Crippen MR) is 138 cm³/mol. The molecule has 0 saturated carbocycles. The van der Waals surface area contributed by atoms with Crippen LogP contribution in [0, 0.1) is 0 Å². The first-order valence-electron chi connectivity index (χ1n) is 11.8. The van der Waals surface area contributed by atoms with Crippen molar-refractivity contribution in [3.8, 4) is 0 Å². The fourth-order valence-corrected chi connectivity index (χ4v) is 7.05. The van der Waals surface area contributed by atoms with Crippen LogP contribution in [0.2, 0.25) is 12.1 Å². The molecular weight excluding hydrogens is 492 g/mol. The second-order valence-electron chi connectivity index (χ2n) is 7.07. The van der Waals surface area contributed by atoms with Gasteiger partial charge in [0.25, 0.3) is 0 Å². The molecule has 0 saturated heterocycles. The minimum atomic E-state index is -2.60. The molecule has 0 aliphatic carbocycles. The Bertz CT molecular complexity index is 584. The normalized spacial score (nSPS) is 11.7. The molecule has 0 unspecified atom stereocenters. The molecule has 0 fully saturated rings. The lowest BCUT2D eigenvalue weighted by molar-refractivity contribution is -0.139. The van der Waals surface area contributed by atoms with Crippen LogP contribution in [0.25, 0.3) is 0 Å². The molecule has 0 N–H and O–H groups in total. The lowest BCUT2D eigenvalue weighted by Gasteiger charge is -2.28. The van der Waals surface area contributed by atoms with E-state index in [-0.39, 0.29) is 11.9 Å². The highest BCUT2D eigenvalue weighted by Gasteiger charge is 2.39. The van der Waals surface area contributed by atoms with Gasteiger partial charge in [-0.25, -0.2) is 9.59 Å². The summed E-state index contributed by atoms with van der Waals surface area (Å²) in [5.41, 5.74) is 0.397. The van der Waals surface area contributed by atoms with Gasteiger partial charge in [-0.15, -0.1) is 0 Å². The molecule has 12 heteroatoms. The van der Waals surface area contributed by atoms with Gasteiger partial charge in [0.05, 0.1) is 13.2 Å². The highest BCUT2D eigenvalue weighted by molar-refractivity contribution is 6.61. The maximum Gasteiger partial charge on any atom is 0.501 e. The van der Waals surface area contributed by atoms with Crippen LogP contribution >= 0.6 is 0 Å². The zero-order valence-electron chi connectivity index (χ0n) is 22.8. The smallest absolute Gasteiger partial charge is 0.463 e. The topological polar surface area (TPSA) is 108 Å². The second kappa shape index (κ2) is 21.9. The average Bonchev–Trinajstić information content (AvgIpc) is 2.83. The average molecular weight is 539 g/mol. The molecule has 0 spiro atoms. The summed E-state index contributed by atoms with van der Waals surface area (Å²) >= 11 is 0. The summed E-state index contributed by atoms with van der Waals surface area (Å²) in [5.74, 6) is -0.696. The van der Waals surface area contributed by atoms with Crippen molar-refractivity contribution < 1.29 is 45.6 Å².